The van der Waals surface area contributed by atoms with Gasteiger partial charge in [-0.1, -0.05) is 23.2 Å². The highest BCUT2D eigenvalue weighted by Gasteiger charge is 2.14. The van der Waals surface area contributed by atoms with Crippen LogP contribution in [0.4, 0.5) is 0 Å². The molecule has 0 aromatic carbocycles. The predicted octanol–water partition coefficient (Wildman–Crippen LogP) is 5.05. The summed E-state index contributed by atoms with van der Waals surface area (Å²) in [5.74, 6) is 0. The van der Waals surface area contributed by atoms with Crippen LogP contribution in [-0.4, -0.2) is 9.38 Å². The summed E-state index contributed by atoms with van der Waals surface area (Å²) in [6, 6.07) is 1.86. The predicted molar refractivity (Wildman–Crippen MR) is 75.9 cm³/mol. The van der Waals surface area contributed by atoms with Gasteiger partial charge in [-0.3, -0.25) is 4.40 Å². The van der Waals surface area contributed by atoms with Gasteiger partial charge in [0.25, 0.3) is 0 Å². The first-order valence-electron chi connectivity index (χ1n) is 4.96. The van der Waals surface area contributed by atoms with Crippen molar-refractivity contribution in [2.75, 3.05) is 0 Å². The molecule has 3 heterocycles. The molecule has 0 N–H and O–H groups in total. The Labute approximate surface area is 116 Å². The SMILES string of the molecule is Cc1sc2nc(-c3cc(Cl)sc3Cl)cn2c1C. The van der Waals surface area contributed by atoms with Gasteiger partial charge >= 0.3 is 0 Å². The molecule has 0 bridgehead atoms. The minimum Gasteiger partial charge on any atom is -0.294 e. The molecular weight excluding hydrogens is 295 g/mol. The van der Waals surface area contributed by atoms with Crippen molar-refractivity contribution in [3.8, 4) is 11.3 Å². The lowest BCUT2D eigenvalue weighted by Gasteiger charge is -1.92. The van der Waals surface area contributed by atoms with Crippen LogP contribution in [0.2, 0.25) is 8.67 Å². The van der Waals surface area contributed by atoms with Gasteiger partial charge in [0.15, 0.2) is 4.96 Å². The summed E-state index contributed by atoms with van der Waals surface area (Å²) in [5, 5.41) is 0. The van der Waals surface area contributed by atoms with Gasteiger partial charge in [0.05, 0.1) is 10.0 Å². The highest BCUT2D eigenvalue weighted by atomic mass is 35.5. The molecule has 0 aliphatic rings. The number of fused-ring (bicyclic) bond motifs is 1. The normalized spacial score (nSPS) is 11.5. The lowest BCUT2D eigenvalue weighted by Crippen LogP contribution is -1.81. The van der Waals surface area contributed by atoms with Crippen LogP contribution < -0.4 is 0 Å². The second-order valence-electron chi connectivity index (χ2n) is 3.76. The van der Waals surface area contributed by atoms with E-state index in [1.54, 1.807) is 11.3 Å². The topological polar surface area (TPSA) is 17.3 Å². The maximum absolute atomic E-state index is 6.13. The second kappa shape index (κ2) is 3.99. The molecule has 0 radical (unpaired) electrons. The van der Waals surface area contributed by atoms with Crippen molar-refractivity contribution >= 4 is 50.8 Å². The smallest absolute Gasteiger partial charge is 0.194 e. The molecule has 0 atom stereocenters. The number of hydrogen-bond acceptors (Lipinski definition) is 3. The average Bonchev–Trinajstić information content (AvgIpc) is 2.86. The number of thiazole rings is 1. The number of aryl methyl sites for hydroxylation is 2. The van der Waals surface area contributed by atoms with Crippen LogP contribution >= 0.6 is 45.9 Å². The number of aromatic nitrogens is 2. The van der Waals surface area contributed by atoms with E-state index in [2.05, 4.69) is 23.2 Å². The molecule has 0 saturated carbocycles. The Bertz CT molecular complexity index is 709. The maximum atomic E-state index is 6.13. The van der Waals surface area contributed by atoms with Crippen molar-refractivity contribution in [2.45, 2.75) is 13.8 Å². The Morgan fingerprint density at radius 2 is 2.00 bits per heavy atom. The van der Waals surface area contributed by atoms with E-state index < -0.39 is 0 Å². The Hall–Kier alpha value is -0.550. The van der Waals surface area contributed by atoms with Crippen LogP contribution in [0.5, 0.6) is 0 Å². The van der Waals surface area contributed by atoms with Crippen LogP contribution in [0.15, 0.2) is 12.3 Å². The lowest BCUT2D eigenvalue weighted by molar-refractivity contribution is 1.11. The monoisotopic (exact) mass is 302 g/mol. The summed E-state index contributed by atoms with van der Waals surface area (Å²) in [7, 11) is 0. The van der Waals surface area contributed by atoms with E-state index >= 15 is 0 Å². The van der Waals surface area contributed by atoms with Crippen molar-refractivity contribution in [3.05, 3.63) is 31.5 Å². The van der Waals surface area contributed by atoms with Crippen molar-refractivity contribution < 1.29 is 0 Å². The van der Waals surface area contributed by atoms with E-state index in [4.69, 9.17) is 23.2 Å². The highest BCUT2D eigenvalue weighted by molar-refractivity contribution is 7.20. The molecule has 0 saturated heterocycles. The maximum Gasteiger partial charge on any atom is 0.194 e. The molecule has 0 aliphatic heterocycles. The zero-order valence-corrected chi connectivity index (χ0v) is 12.3. The summed E-state index contributed by atoms with van der Waals surface area (Å²) >= 11 is 15.1. The molecule has 3 aromatic rings. The van der Waals surface area contributed by atoms with Gasteiger partial charge in [-0.2, -0.15) is 0 Å². The van der Waals surface area contributed by atoms with Gasteiger partial charge in [-0.15, -0.1) is 22.7 Å². The van der Waals surface area contributed by atoms with Gasteiger partial charge in [0, 0.05) is 22.3 Å². The van der Waals surface area contributed by atoms with Crippen LogP contribution in [0.1, 0.15) is 10.6 Å². The first kappa shape index (κ1) is 11.5. The van der Waals surface area contributed by atoms with E-state index in [0.29, 0.717) is 8.67 Å². The highest BCUT2D eigenvalue weighted by Crippen LogP contribution is 2.38. The summed E-state index contributed by atoms with van der Waals surface area (Å²) in [4.78, 5) is 6.86. The standard InChI is InChI=1S/C11H8Cl2N2S2/c1-5-6(2)16-11-14-8(4-15(5)11)7-3-9(12)17-10(7)13/h3-4H,1-2H3. The number of thiophene rings is 1. The summed E-state index contributed by atoms with van der Waals surface area (Å²) in [6.45, 7) is 4.19. The molecular formula is C11H8Cl2N2S2. The third-order valence-electron chi connectivity index (χ3n) is 2.72. The summed E-state index contributed by atoms with van der Waals surface area (Å²) < 4.78 is 3.47. The van der Waals surface area contributed by atoms with E-state index in [1.807, 2.05) is 12.3 Å². The number of nitrogens with zero attached hydrogens (tertiary/aromatic N) is 2. The van der Waals surface area contributed by atoms with Gasteiger partial charge in [-0.05, 0) is 19.9 Å². The van der Waals surface area contributed by atoms with Crippen LogP contribution in [-0.2, 0) is 0 Å². The summed E-state index contributed by atoms with van der Waals surface area (Å²) in [6.07, 6.45) is 2.01. The third kappa shape index (κ3) is 1.80. The molecule has 88 valence electrons. The molecule has 17 heavy (non-hydrogen) atoms. The van der Waals surface area contributed by atoms with Gasteiger partial charge < -0.3 is 0 Å². The second-order valence-corrected chi connectivity index (χ2v) is 7.23. The number of hydrogen-bond donors (Lipinski definition) is 0. The fourth-order valence-electron chi connectivity index (χ4n) is 1.70. The first-order valence-corrected chi connectivity index (χ1v) is 7.35. The van der Waals surface area contributed by atoms with Crippen LogP contribution in [0.3, 0.4) is 0 Å². The van der Waals surface area contributed by atoms with Crippen molar-refractivity contribution in [1.29, 1.82) is 0 Å². The van der Waals surface area contributed by atoms with Gasteiger partial charge in [0.2, 0.25) is 0 Å². The molecule has 3 rings (SSSR count). The van der Waals surface area contributed by atoms with Gasteiger partial charge in [-0.25, -0.2) is 4.98 Å². The van der Waals surface area contributed by atoms with Gasteiger partial charge in [0.1, 0.15) is 4.34 Å². The molecule has 0 unspecified atom stereocenters. The van der Waals surface area contributed by atoms with E-state index in [-0.39, 0.29) is 0 Å². The number of imidazole rings is 1. The number of rotatable bonds is 1. The minimum atomic E-state index is 0.689. The Morgan fingerprint density at radius 3 is 2.59 bits per heavy atom. The van der Waals surface area contributed by atoms with E-state index in [0.717, 1.165) is 16.2 Å². The average molecular weight is 303 g/mol. The van der Waals surface area contributed by atoms with Crippen LogP contribution in [0, 0.1) is 13.8 Å². The molecule has 2 nitrogen and oxygen atoms in total. The number of halogens is 2. The molecule has 0 amide bonds. The molecule has 3 aromatic heterocycles. The first-order chi connectivity index (χ1) is 8.06. The molecule has 0 fully saturated rings. The molecule has 0 aliphatic carbocycles. The largest absolute Gasteiger partial charge is 0.294 e. The van der Waals surface area contributed by atoms with Crippen LogP contribution in [0.25, 0.3) is 16.2 Å². The van der Waals surface area contributed by atoms with Crippen molar-refractivity contribution in [1.82, 2.24) is 9.38 Å². The zero-order chi connectivity index (χ0) is 12.2. The van der Waals surface area contributed by atoms with E-state index in [1.165, 1.54) is 21.9 Å². The summed E-state index contributed by atoms with van der Waals surface area (Å²) in [5.41, 5.74) is 3.02. The Morgan fingerprint density at radius 1 is 1.24 bits per heavy atom. The fourth-order valence-corrected chi connectivity index (χ4v) is 4.13. The fraction of sp³-hybridized carbons (Fsp3) is 0.182. The quantitative estimate of drug-likeness (QED) is 0.615. The minimum absolute atomic E-state index is 0.689. The zero-order valence-electron chi connectivity index (χ0n) is 9.12. The Balaban J connectivity index is 2.22. The molecule has 6 heteroatoms. The van der Waals surface area contributed by atoms with Crippen molar-refractivity contribution in [3.63, 3.8) is 0 Å². The van der Waals surface area contributed by atoms with Crippen molar-refractivity contribution in [2.24, 2.45) is 0 Å². The lowest BCUT2D eigenvalue weighted by atomic mass is 10.3. The van der Waals surface area contributed by atoms with E-state index in [9.17, 15) is 0 Å². The Kier molecular flexibility index (Phi) is 2.70. The third-order valence-corrected chi connectivity index (χ3v) is 5.28. The molecule has 0 spiro atoms.